The fourth-order valence-corrected chi connectivity index (χ4v) is 3.35. The third-order valence-electron chi connectivity index (χ3n) is 4.90. The fraction of sp³-hybridized carbons (Fsp3) is 0.647. The Morgan fingerprint density at radius 2 is 2.00 bits per heavy atom. The van der Waals surface area contributed by atoms with Crippen molar-refractivity contribution in [3.8, 4) is 0 Å². The maximum absolute atomic E-state index is 6.09. The molecule has 0 amide bonds. The summed E-state index contributed by atoms with van der Waals surface area (Å²) >= 11 is 0. The fourth-order valence-electron chi connectivity index (χ4n) is 3.35. The summed E-state index contributed by atoms with van der Waals surface area (Å²) in [6, 6.07) is 8.84. The summed E-state index contributed by atoms with van der Waals surface area (Å²) in [4.78, 5) is 0. The van der Waals surface area contributed by atoms with Crippen LogP contribution in [0.2, 0.25) is 0 Å². The summed E-state index contributed by atoms with van der Waals surface area (Å²) < 4.78 is 0. The highest BCUT2D eigenvalue weighted by atomic mass is 15.0. The quantitative estimate of drug-likeness (QED) is 0.770. The van der Waals surface area contributed by atoms with Crippen molar-refractivity contribution in [3.63, 3.8) is 0 Å². The van der Waals surface area contributed by atoms with Gasteiger partial charge in [-0.2, -0.15) is 0 Å². The van der Waals surface area contributed by atoms with Crippen molar-refractivity contribution in [2.75, 3.05) is 13.1 Å². The highest BCUT2D eigenvalue weighted by Gasteiger charge is 2.32. The normalized spacial score (nSPS) is 26.2. The number of aryl methyl sites for hydroxylation is 1. The van der Waals surface area contributed by atoms with E-state index in [0.29, 0.717) is 0 Å². The van der Waals surface area contributed by atoms with Crippen LogP contribution < -0.4 is 11.1 Å². The van der Waals surface area contributed by atoms with Crippen molar-refractivity contribution >= 4 is 0 Å². The number of nitrogens with one attached hydrogen (secondary N) is 1. The lowest BCUT2D eigenvalue weighted by atomic mass is 9.78. The predicted octanol–water partition coefficient (Wildman–Crippen LogP) is 2.65. The van der Waals surface area contributed by atoms with Crippen LogP contribution in [0.3, 0.4) is 0 Å². The van der Waals surface area contributed by atoms with Crippen LogP contribution in [0.4, 0.5) is 0 Å². The molecule has 2 aliphatic carbocycles. The third kappa shape index (κ3) is 3.18. The molecule has 0 spiro atoms. The lowest BCUT2D eigenvalue weighted by Crippen LogP contribution is -2.55. The highest BCUT2D eigenvalue weighted by Crippen LogP contribution is 2.33. The molecule has 1 fully saturated rings. The molecule has 1 atom stereocenters. The van der Waals surface area contributed by atoms with Crippen LogP contribution in [-0.4, -0.2) is 18.6 Å². The van der Waals surface area contributed by atoms with E-state index in [-0.39, 0.29) is 5.54 Å². The van der Waals surface area contributed by atoms with Crippen LogP contribution in [0.15, 0.2) is 24.3 Å². The zero-order chi connectivity index (χ0) is 13.1. The molecule has 0 heterocycles. The largest absolute Gasteiger partial charge is 0.329 e. The summed E-state index contributed by atoms with van der Waals surface area (Å²) in [5.74, 6) is 1.04. The minimum absolute atomic E-state index is 0.151. The summed E-state index contributed by atoms with van der Waals surface area (Å²) in [5.41, 5.74) is 9.25. The molecule has 0 radical (unpaired) electrons. The van der Waals surface area contributed by atoms with Crippen molar-refractivity contribution in [2.45, 2.75) is 50.5 Å². The number of nitrogens with two attached hydrogens (primary N) is 1. The maximum atomic E-state index is 6.09. The van der Waals surface area contributed by atoms with Crippen LogP contribution >= 0.6 is 0 Å². The van der Waals surface area contributed by atoms with Crippen LogP contribution in [0.5, 0.6) is 0 Å². The smallest absolute Gasteiger partial charge is 0.0347 e. The van der Waals surface area contributed by atoms with Gasteiger partial charge in [0, 0.05) is 12.1 Å². The van der Waals surface area contributed by atoms with E-state index in [1.807, 2.05) is 0 Å². The molecule has 0 saturated heterocycles. The number of benzene rings is 1. The lowest BCUT2D eigenvalue weighted by molar-refractivity contribution is 0.291. The molecule has 3 N–H and O–H groups in total. The van der Waals surface area contributed by atoms with Crippen LogP contribution in [0.25, 0.3) is 0 Å². The zero-order valence-corrected chi connectivity index (χ0v) is 11.8. The van der Waals surface area contributed by atoms with Gasteiger partial charge in [-0.25, -0.2) is 0 Å². The summed E-state index contributed by atoms with van der Waals surface area (Å²) in [7, 11) is 0. The predicted molar refractivity (Wildman–Crippen MR) is 80.2 cm³/mol. The molecular formula is C17H26N2. The number of hydrogen-bond donors (Lipinski definition) is 2. The van der Waals surface area contributed by atoms with Gasteiger partial charge < -0.3 is 11.1 Å². The Bertz CT molecular complexity index is 425. The minimum Gasteiger partial charge on any atom is -0.329 e. The van der Waals surface area contributed by atoms with Gasteiger partial charge in [0.1, 0.15) is 0 Å². The molecule has 104 valence electrons. The molecule has 2 heteroatoms. The van der Waals surface area contributed by atoms with Crippen LogP contribution in [0.1, 0.15) is 43.2 Å². The second-order valence-corrected chi connectivity index (χ2v) is 6.44. The molecule has 1 unspecified atom stereocenters. The number of rotatable bonds is 6. The van der Waals surface area contributed by atoms with Gasteiger partial charge >= 0.3 is 0 Å². The summed E-state index contributed by atoms with van der Waals surface area (Å²) in [6.07, 6.45) is 9.11. The van der Waals surface area contributed by atoms with Crippen LogP contribution in [0, 0.1) is 5.92 Å². The van der Waals surface area contributed by atoms with Crippen molar-refractivity contribution in [1.82, 2.24) is 5.32 Å². The van der Waals surface area contributed by atoms with Crippen LogP contribution in [-0.2, 0) is 12.8 Å². The molecule has 1 aromatic carbocycles. The second-order valence-electron chi connectivity index (χ2n) is 6.44. The van der Waals surface area contributed by atoms with E-state index in [4.69, 9.17) is 5.73 Å². The van der Waals surface area contributed by atoms with Gasteiger partial charge in [-0.1, -0.05) is 37.1 Å². The van der Waals surface area contributed by atoms with E-state index in [2.05, 4.69) is 29.6 Å². The van der Waals surface area contributed by atoms with Crippen molar-refractivity contribution in [1.29, 1.82) is 0 Å². The minimum atomic E-state index is 0.151. The SMILES string of the molecule is NCC1(NCCCC2CC2)CCc2ccccc2C1. The Hall–Kier alpha value is -0.860. The molecular weight excluding hydrogens is 232 g/mol. The third-order valence-corrected chi connectivity index (χ3v) is 4.90. The van der Waals surface area contributed by atoms with E-state index >= 15 is 0 Å². The first-order valence-electron chi connectivity index (χ1n) is 7.83. The molecule has 3 rings (SSSR count). The van der Waals surface area contributed by atoms with E-state index in [9.17, 15) is 0 Å². The molecule has 1 aromatic rings. The molecule has 0 bridgehead atoms. The van der Waals surface area contributed by atoms with Crippen molar-refractivity contribution < 1.29 is 0 Å². The first-order valence-corrected chi connectivity index (χ1v) is 7.83. The topological polar surface area (TPSA) is 38.0 Å². The van der Waals surface area contributed by atoms with Gasteiger partial charge in [0.15, 0.2) is 0 Å². The second kappa shape index (κ2) is 5.64. The average Bonchev–Trinajstić information content (AvgIpc) is 3.28. The molecule has 0 aromatic heterocycles. The van der Waals surface area contributed by atoms with Crippen molar-refractivity contribution in [3.05, 3.63) is 35.4 Å². The van der Waals surface area contributed by atoms with E-state index < -0.39 is 0 Å². The molecule has 2 nitrogen and oxygen atoms in total. The maximum Gasteiger partial charge on any atom is 0.0347 e. The van der Waals surface area contributed by atoms with E-state index in [0.717, 1.165) is 25.4 Å². The Morgan fingerprint density at radius 3 is 2.74 bits per heavy atom. The van der Waals surface area contributed by atoms with Gasteiger partial charge in [0.2, 0.25) is 0 Å². The summed E-state index contributed by atoms with van der Waals surface area (Å²) in [5, 5.41) is 3.78. The number of fused-ring (bicyclic) bond motifs is 1. The van der Waals surface area contributed by atoms with Gasteiger partial charge in [-0.05, 0) is 55.7 Å². The van der Waals surface area contributed by atoms with Crippen molar-refractivity contribution in [2.24, 2.45) is 11.7 Å². The Kier molecular flexibility index (Phi) is 3.90. The zero-order valence-electron chi connectivity index (χ0n) is 11.8. The molecule has 2 aliphatic rings. The van der Waals surface area contributed by atoms with Gasteiger partial charge in [-0.15, -0.1) is 0 Å². The molecule has 19 heavy (non-hydrogen) atoms. The Labute approximate surface area is 116 Å². The Morgan fingerprint density at radius 1 is 1.21 bits per heavy atom. The number of hydrogen-bond acceptors (Lipinski definition) is 2. The highest BCUT2D eigenvalue weighted by molar-refractivity contribution is 5.32. The standard InChI is InChI=1S/C17H26N2/c18-13-17(19-11-3-4-14-7-8-14)10-9-15-5-1-2-6-16(15)12-17/h1-2,5-6,14,19H,3-4,7-13,18H2. The first-order chi connectivity index (χ1) is 9.31. The van der Waals surface area contributed by atoms with E-state index in [1.165, 1.54) is 49.7 Å². The molecule has 0 aliphatic heterocycles. The molecule has 1 saturated carbocycles. The average molecular weight is 258 g/mol. The lowest BCUT2D eigenvalue weighted by Gasteiger charge is -2.38. The summed E-state index contributed by atoms with van der Waals surface area (Å²) in [6.45, 7) is 1.89. The van der Waals surface area contributed by atoms with Gasteiger partial charge in [-0.3, -0.25) is 0 Å². The Balaban J connectivity index is 1.57. The van der Waals surface area contributed by atoms with Gasteiger partial charge in [0.25, 0.3) is 0 Å². The van der Waals surface area contributed by atoms with Gasteiger partial charge in [0.05, 0.1) is 0 Å². The monoisotopic (exact) mass is 258 g/mol. The first kappa shape index (κ1) is 13.1. The van der Waals surface area contributed by atoms with E-state index in [1.54, 1.807) is 0 Å².